The highest BCUT2D eigenvalue weighted by molar-refractivity contribution is 14.1. The van der Waals surface area contributed by atoms with Crippen LogP contribution in [0.25, 0.3) is 17.4 Å². The molecule has 0 aliphatic carbocycles. The van der Waals surface area contributed by atoms with Crippen molar-refractivity contribution in [3.63, 3.8) is 0 Å². The number of furan rings is 1. The number of hydrogen-bond donors (Lipinski definition) is 0. The zero-order valence-corrected chi connectivity index (χ0v) is 27.9. The standard InChI is InChI=1S/C28H20Cl2I2N2O5S/c1-4-38-27(36)23-13(2)33-28-34(24(23)21-8-7-20(39-21)15-5-6-16(29)17(30)12-15)26(35)22(40-28)11-14-9-18(31)25(37-3)19(32)10-14/h5-12,24H,4H2,1-3H3/b22-11-/t24-/m1/s1. The van der Waals surface area contributed by atoms with Gasteiger partial charge in [-0.3, -0.25) is 9.36 Å². The number of hydrogen-bond acceptors (Lipinski definition) is 7. The number of fused-ring (bicyclic) bond motifs is 1. The summed E-state index contributed by atoms with van der Waals surface area (Å²) in [5.41, 5.74) is 1.95. The SMILES string of the molecule is CCOC(=O)C1=C(C)N=c2s/c(=C\c3cc(I)c(OC)c(I)c3)c(=O)n2[C@@H]1c1ccc(-c2ccc(Cl)c(Cl)c2)o1. The Morgan fingerprint density at radius 1 is 1.15 bits per heavy atom. The lowest BCUT2D eigenvalue weighted by Crippen LogP contribution is -2.39. The van der Waals surface area contributed by atoms with Gasteiger partial charge in [-0.25, -0.2) is 9.79 Å². The van der Waals surface area contributed by atoms with Crippen LogP contribution in [-0.2, 0) is 9.53 Å². The van der Waals surface area contributed by atoms with Crippen LogP contribution in [-0.4, -0.2) is 24.3 Å². The summed E-state index contributed by atoms with van der Waals surface area (Å²) in [7, 11) is 1.63. The lowest BCUT2D eigenvalue weighted by atomic mass is 10.0. The summed E-state index contributed by atoms with van der Waals surface area (Å²) >= 11 is 18.0. The van der Waals surface area contributed by atoms with Crippen LogP contribution >= 0.6 is 79.7 Å². The van der Waals surface area contributed by atoms with E-state index in [2.05, 4.69) is 50.2 Å². The van der Waals surface area contributed by atoms with Crippen LogP contribution in [0, 0.1) is 7.14 Å². The van der Waals surface area contributed by atoms with E-state index in [1.165, 1.54) is 15.9 Å². The minimum atomic E-state index is -0.870. The number of benzene rings is 2. The Balaban J connectivity index is 1.68. The highest BCUT2D eigenvalue weighted by Crippen LogP contribution is 2.36. The summed E-state index contributed by atoms with van der Waals surface area (Å²) in [4.78, 5) is 32.1. The van der Waals surface area contributed by atoms with Gasteiger partial charge in [0.2, 0.25) is 0 Å². The average Bonchev–Trinajstić information content (AvgIpc) is 3.50. The number of aromatic nitrogens is 1. The van der Waals surface area contributed by atoms with Gasteiger partial charge in [0, 0.05) is 5.56 Å². The van der Waals surface area contributed by atoms with Crippen LogP contribution in [0.4, 0.5) is 0 Å². The number of nitrogens with zero attached hydrogens (tertiary/aromatic N) is 2. The van der Waals surface area contributed by atoms with Crippen LogP contribution < -0.4 is 19.6 Å². The van der Waals surface area contributed by atoms with Crippen molar-refractivity contribution in [2.45, 2.75) is 19.9 Å². The predicted molar refractivity (Wildman–Crippen MR) is 173 cm³/mol. The fraction of sp³-hybridized carbons (Fsp3) is 0.179. The number of carbonyl (C=O) groups is 1. The second-order valence-corrected chi connectivity index (χ2v) is 12.8. The van der Waals surface area contributed by atoms with E-state index in [0.29, 0.717) is 42.2 Å². The van der Waals surface area contributed by atoms with Crippen molar-refractivity contribution in [2.24, 2.45) is 4.99 Å². The molecular weight excluding hydrogens is 801 g/mol. The maximum absolute atomic E-state index is 13.9. The van der Waals surface area contributed by atoms with Gasteiger partial charge >= 0.3 is 5.97 Å². The third-order valence-corrected chi connectivity index (χ3v) is 9.46. The lowest BCUT2D eigenvalue weighted by molar-refractivity contribution is -0.139. The smallest absolute Gasteiger partial charge is 0.338 e. The van der Waals surface area contributed by atoms with E-state index in [4.69, 9.17) is 37.1 Å². The zero-order valence-electron chi connectivity index (χ0n) is 21.3. The predicted octanol–water partition coefficient (Wildman–Crippen LogP) is 6.58. The van der Waals surface area contributed by atoms with E-state index in [1.807, 2.05) is 18.2 Å². The first-order valence-corrected chi connectivity index (χ1v) is 15.6. The summed E-state index contributed by atoms with van der Waals surface area (Å²) < 4.78 is 20.9. The maximum Gasteiger partial charge on any atom is 0.338 e. The summed E-state index contributed by atoms with van der Waals surface area (Å²) in [6.07, 6.45) is 1.82. The molecule has 0 saturated heterocycles. The molecule has 0 spiro atoms. The maximum atomic E-state index is 13.9. The van der Waals surface area contributed by atoms with Gasteiger partial charge in [0.05, 0.1) is 46.7 Å². The Kier molecular flexibility index (Phi) is 8.81. The van der Waals surface area contributed by atoms with Crippen molar-refractivity contribution in [3.8, 4) is 17.1 Å². The fourth-order valence-electron chi connectivity index (χ4n) is 4.37. The minimum Gasteiger partial charge on any atom is -0.495 e. The molecule has 5 rings (SSSR count). The third kappa shape index (κ3) is 5.52. The Bertz CT molecular complexity index is 1850. The van der Waals surface area contributed by atoms with Gasteiger partial charge in [-0.2, -0.15) is 0 Å². The lowest BCUT2D eigenvalue weighted by Gasteiger charge is -2.22. The molecule has 2 aromatic carbocycles. The van der Waals surface area contributed by atoms with Crippen molar-refractivity contribution in [2.75, 3.05) is 13.7 Å². The molecular formula is C28H20Cl2I2N2O5S. The van der Waals surface area contributed by atoms with Crippen LogP contribution in [0.5, 0.6) is 5.75 Å². The normalized spacial score (nSPS) is 15.2. The molecule has 7 nitrogen and oxygen atoms in total. The quantitative estimate of drug-likeness (QED) is 0.162. The molecule has 40 heavy (non-hydrogen) atoms. The number of thiazole rings is 1. The van der Waals surface area contributed by atoms with Gasteiger partial charge in [0.1, 0.15) is 23.3 Å². The van der Waals surface area contributed by atoms with E-state index in [-0.39, 0.29) is 17.7 Å². The third-order valence-electron chi connectivity index (χ3n) is 6.14. The van der Waals surface area contributed by atoms with E-state index in [9.17, 15) is 9.59 Å². The second-order valence-electron chi connectivity index (χ2n) is 8.65. The number of allylic oxidation sites excluding steroid dienone is 1. The average molecular weight is 821 g/mol. The first kappa shape index (κ1) is 29.4. The van der Waals surface area contributed by atoms with Crippen molar-refractivity contribution in [1.82, 2.24) is 4.57 Å². The van der Waals surface area contributed by atoms with Gasteiger partial charge < -0.3 is 13.9 Å². The van der Waals surface area contributed by atoms with Crippen molar-refractivity contribution in [1.29, 1.82) is 0 Å². The van der Waals surface area contributed by atoms with Crippen molar-refractivity contribution in [3.05, 3.63) is 102 Å². The molecule has 0 amide bonds. The van der Waals surface area contributed by atoms with Crippen molar-refractivity contribution >= 4 is 91.8 Å². The van der Waals surface area contributed by atoms with Crippen molar-refractivity contribution < 1.29 is 18.7 Å². The molecule has 1 atom stereocenters. The molecule has 2 aromatic heterocycles. The molecule has 1 aliphatic heterocycles. The molecule has 0 saturated carbocycles. The molecule has 3 heterocycles. The van der Waals surface area contributed by atoms with E-state index in [0.717, 1.165) is 18.5 Å². The second kappa shape index (κ2) is 12.0. The molecule has 1 aliphatic rings. The molecule has 0 fully saturated rings. The summed E-state index contributed by atoms with van der Waals surface area (Å²) in [5.74, 6) is 1.12. The highest BCUT2D eigenvalue weighted by Gasteiger charge is 2.35. The Morgan fingerprint density at radius 3 is 2.52 bits per heavy atom. The number of carbonyl (C=O) groups excluding carboxylic acids is 1. The van der Waals surface area contributed by atoms with Gasteiger partial charge in [0.15, 0.2) is 4.80 Å². The Morgan fingerprint density at radius 2 is 1.88 bits per heavy atom. The number of rotatable bonds is 6. The molecule has 206 valence electrons. The monoisotopic (exact) mass is 820 g/mol. The fourth-order valence-corrected chi connectivity index (χ4v) is 7.98. The van der Waals surface area contributed by atoms with Gasteiger partial charge in [-0.15, -0.1) is 0 Å². The van der Waals surface area contributed by atoms with E-state index < -0.39 is 12.0 Å². The van der Waals surface area contributed by atoms with Gasteiger partial charge in [0.25, 0.3) is 5.56 Å². The Hall–Kier alpha value is -2.13. The molecule has 0 radical (unpaired) electrons. The first-order valence-electron chi connectivity index (χ1n) is 11.9. The molecule has 0 unspecified atom stereocenters. The Labute approximate surface area is 270 Å². The summed E-state index contributed by atoms with van der Waals surface area (Å²) in [6, 6.07) is 11.7. The number of esters is 1. The van der Waals surface area contributed by atoms with Crippen LogP contribution in [0.15, 0.2) is 67.9 Å². The molecule has 4 aromatic rings. The van der Waals surface area contributed by atoms with Crippen LogP contribution in [0.3, 0.4) is 0 Å². The van der Waals surface area contributed by atoms with Gasteiger partial charge in [-0.05, 0) is 113 Å². The van der Waals surface area contributed by atoms with Crippen LogP contribution in [0.2, 0.25) is 10.0 Å². The number of ether oxygens (including phenoxy) is 2. The van der Waals surface area contributed by atoms with Gasteiger partial charge in [-0.1, -0.05) is 34.5 Å². The first-order chi connectivity index (χ1) is 19.1. The topological polar surface area (TPSA) is 83.0 Å². The van der Waals surface area contributed by atoms with E-state index in [1.54, 1.807) is 51.3 Å². The highest BCUT2D eigenvalue weighted by atomic mass is 127. The zero-order chi connectivity index (χ0) is 28.7. The number of methoxy groups -OCH3 is 1. The number of halogens is 4. The summed E-state index contributed by atoms with van der Waals surface area (Å²) in [5, 5.41) is 0.810. The minimum absolute atomic E-state index is 0.175. The molecule has 0 N–H and O–H groups in total. The molecule has 12 heteroatoms. The summed E-state index contributed by atoms with van der Waals surface area (Å²) in [6.45, 7) is 3.63. The largest absolute Gasteiger partial charge is 0.495 e. The molecule has 0 bridgehead atoms. The van der Waals surface area contributed by atoms with Crippen LogP contribution in [0.1, 0.15) is 31.2 Å². The van der Waals surface area contributed by atoms with E-state index >= 15 is 0 Å².